The Morgan fingerprint density at radius 3 is 2.67 bits per heavy atom. The molecule has 3 saturated carbocycles. The molecule has 0 amide bonds. The average molecular weight is 489 g/mol. The van der Waals surface area contributed by atoms with Crippen LogP contribution in [0.4, 0.5) is 0 Å². The summed E-state index contributed by atoms with van der Waals surface area (Å²) in [5.41, 5.74) is 2.24. The van der Waals surface area contributed by atoms with Gasteiger partial charge < -0.3 is 10.2 Å². The lowest BCUT2D eigenvalue weighted by Crippen LogP contribution is -2.56. The van der Waals surface area contributed by atoms with Gasteiger partial charge in [-0.1, -0.05) is 32.1 Å². The molecule has 4 heteroatoms. The molecule has 0 radical (unpaired) electrons. The molecular weight excluding hydrogens is 444 g/mol. The van der Waals surface area contributed by atoms with Crippen molar-refractivity contribution in [2.24, 2.45) is 23.7 Å². The SMILES string of the molecule is CC.OC1CN(C2CCC3CC4=CCC5C(c6ccc7ccncc7c6)CCC5[C@@]4(O)CCC3C2)C1. The van der Waals surface area contributed by atoms with Gasteiger partial charge >= 0.3 is 0 Å². The van der Waals surface area contributed by atoms with Crippen molar-refractivity contribution in [3.8, 4) is 0 Å². The normalized spacial score (nSPS) is 38.5. The number of hydrogen-bond acceptors (Lipinski definition) is 4. The molecule has 2 N–H and O–H groups in total. The first kappa shape index (κ1) is 24.6. The first-order valence-electron chi connectivity index (χ1n) is 14.8. The van der Waals surface area contributed by atoms with Crippen LogP contribution in [0.2, 0.25) is 0 Å². The number of likely N-dealkylation sites (tertiary alicyclic amines) is 1. The summed E-state index contributed by atoms with van der Waals surface area (Å²) in [6.45, 7) is 5.74. The quantitative estimate of drug-likeness (QED) is 0.503. The molecule has 0 spiro atoms. The van der Waals surface area contributed by atoms with Crippen molar-refractivity contribution in [2.75, 3.05) is 13.1 Å². The summed E-state index contributed by atoms with van der Waals surface area (Å²) in [6.07, 6.45) is 16.8. The van der Waals surface area contributed by atoms with Gasteiger partial charge in [-0.3, -0.25) is 9.88 Å². The Bertz CT molecular complexity index is 1110. The van der Waals surface area contributed by atoms with Crippen LogP contribution in [0, 0.1) is 23.7 Å². The molecule has 1 saturated heterocycles. The minimum Gasteiger partial charge on any atom is -0.390 e. The van der Waals surface area contributed by atoms with Crippen molar-refractivity contribution in [1.82, 2.24) is 9.88 Å². The smallest absolute Gasteiger partial charge is 0.0887 e. The minimum absolute atomic E-state index is 0.105. The zero-order chi connectivity index (χ0) is 24.9. The topological polar surface area (TPSA) is 56.6 Å². The van der Waals surface area contributed by atoms with Gasteiger partial charge in [-0.15, -0.1) is 0 Å². The van der Waals surface area contributed by atoms with E-state index >= 15 is 0 Å². The highest BCUT2D eigenvalue weighted by molar-refractivity contribution is 5.82. The fourth-order valence-electron chi connectivity index (χ4n) is 8.77. The molecule has 7 atom stereocenters. The van der Waals surface area contributed by atoms with E-state index in [9.17, 15) is 10.2 Å². The second kappa shape index (κ2) is 9.85. The number of aliphatic hydroxyl groups is 2. The van der Waals surface area contributed by atoms with Crippen molar-refractivity contribution in [2.45, 2.75) is 95.3 Å². The van der Waals surface area contributed by atoms with Gasteiger partial charge in [0.15, 0.2) is 0 Å². The Morgan fingerprint density at radius 1 is 0.972 bits per heavy atom. The Morgan fingerprint density at radius 2 is 1.83 bits per heavy atom. The van der Waals surface area contributed by atoms with Gasteiger partial charge in [0.2, 0.25) is 0 Å². The summed E-state index contributed by atoms with van der Waals surface area (Å²) >= 11 is 0. The van der Waals surface area contributed by atoms with Crippen molar-refractivity contribution in [1.29, 1.82) is 0 Å². The summed E-state index contributed by atoms with van der Waals surface area (Å²) in [5.74, 6) is 2.98. The first-order valence-corrected chi connectivity index (χ1v) is 14.8. The largest absolute Gasteiger partial charge is 0.390 e. The van der Waals surface area contributed by atoms with Gasteiger partial charge in [-0.25, -0.2) is 0 Å². The summed E-state index contributed by atoms with van der Waals surface area (Å²) in [6, 6.07) is 9.68. The van der Waals surface area contributed by atoms with Crippen LogP contribution in [-0.2, 0) is 0 Å². The van der Waals surface area contributed by atoms with E-state index in [2.05, 4.69) is 40.2 Å². The highest BCUT2D eigenvalue weighted by Gasteiger charge is 2.54. The number of aliphatic hydroxyl groups excluding tert-OH is 1. The zero-order valence-electron chi connectivity index (χ0n) is 22.1. The number of benzene rings is 1. The van der Waals surface area contributed by atoms with E-state index in [1.165, 1.54) is 54.0 Å². The summed E-state index contributed by atoms with van der Waals surface area (Å²) in [5, 5.41) is 24.5. The standard InChI is InChI=1S/C30H38N2O2.C2H6/c33-26-17-32(18-26)25-5-3-20-14-24-4-6-28-27(22-2-1-19-10-12-31-16-23(19)13-22)7-8-29(28)30(24,34)11-9-21(20)15-25;1-2/h1-2,4,10,12-13,16,20-21,25-29,33-34H,3,5-9,11,14-15,17-18H2;1-2H3/t20?,21?,25?,27?,28?,29?,30-;/m1./s1. The fraction of sp³-hybridized carbons (Fsp3) is 0.656. The Kier molecular flexibility index (Phi) is 6.73. The molecule has 6 unspecified atom stereocenters. The first-order chi connectivity index (χ1) is 17.6. The number of allylic oxidation sites excluding steroid dienone is 1. The number of nitrogens with zero attached hydrogens (tertiary/aromatic N) is 2. The molecule has 1 aliphatic heterocycles. The average Bonchev–Trinajstić information content (AvgIpc) is 3.28. The number of pyridine rings is 1. The van der Waals surface area contributed by atoms with Crippen LogP contribution in [0.1, 0.15) is 83.1 Å². The Labute approximate surface area is 216 Å². The van der Waals surface area contributed by atoms with Crippen LogP contribution in [0.5, 0.6) is 0 Å². The predicted octanol–water partition coefficient (Wildman–Crippen LogP) is 6.08. The number of β-amino-alcohol motifs (C(OH)–C–C–N with tert-alkyl or cyclic N) is 1. The number of hydrogen-bond donors (Lipinski definition) is 2. The van der Waals surface area contributed by atoms with Crippen LogP contribution in [0.3, 0.4) is 0 Å². The Balaban J connectivity index is 0.00000117. The maximum atomic E-state index is 12.3. The maximum absolute atomic E-state index is 12.3. The lowest BCUT2D eigenvalue weighted by atomic mass is 9.65. The molecule has 194 valence electrons. The van der Waals surface area contributed by atoms with Crippen LogP contribution in [-0.4, -0.2) is 50.9 Å². The highest BCUT2D eigenvalue weighted by atomic mass is 16.3. The van der Waals surface area contributed by atoms with E-state index < -0.39 is 5.60 Å². The lowest BCUT2D eigenvalue weighted by molar-refractivity contribution is -0.0455. The molecule has 4 aliphatic carbocycles. The molecule has 2 heterocycles. The summed E-state index contributed by atoms with van der Waals surface area (Å²) in [4.78, 5) is 6.84. The molecule has 0 bridgehead atoms. The molecule has 1 aromatic carbocycles. The van der Waals surface area contributed by atoms with E-state index in [1.54, 1.807) is 0 Å². The number of aromatic nitrogens is 1. The van der Waals surface area contributed by atoms with Gasteiger partial charge in [-0.05, 0) is 116 Å². The lowest BCUT2D eigenvalue weighted by Gasteiger charge is -2.47. The predicted molar refractivity (Wildman–Crippen MR) is 146 cm³/mol. The number of rotatable bonds is 2. The van der Waals surface area contributed by atoms with Crippen molar-refractivity contribution >= 4 is 10.8 Å². The second-order valence-electron chi connectivity index (χ2n) is 12.2. The van der Waals surface area contributed by atoms with Gasteiger partial charge in [-0.2, -0.15) is 0 Å². The molecule has 4 nitrogen and oxygen atoms in total. The van der Waals surface area contributed by atoms with Gasteiger partial charge in [0.05, 0.1) is 11.7 Å². The van der Waals surface area contributed by atoms with Crippen molar-refractivity contribution < 1.29 is 10.2 Å². The van der Waals surface area contributed by atoms with Gasteiger partial charge in [0, 0.05) is 36.9 Å². The molecule has 7 rings (SSSR count). The molecule has 4 fully saturated rings. The van der Waals surface area contributed by atoms with Crippen LogP contribution in [0.15, 0.2) is 48.3 Å². The van der Waals surface area contributed by atoms with Crippen LogP contribution >= 0.6 is 0 Å². The van der Waals surface area contributed by atoms with Crippen molar-refractivity contribution in [3.05, 3.63) is 53.9 Å². The fourth-order valence-corrected chi connectivity index (χ4v) is 8.77. The third-order valence-electron chi connectivity index (χ3n) is 10.6. The van der Waals surface area contributed by atoms with Crippen molar-refractivity contribution in [3.63, 3.8) is 0 Å². The summed E-state index contributed by atoms with van der Waals surface area (Å²) < 4.78 is 0. The molecule has 2 aromatic rings. The highest BCUT2D eigenvalue weighted by Crippen LogP contribution is 2.58. The van der Waals surface area contributed by atoms with Gasteiger partial charge in [0.1, 0.15) is 0 Å². The zero-order valence-corrected chi connectivity index (χ0v) is 22.1. The van der Waals surface area contributed by atoms with E-state index in [0.29, 0.717) is 23.8 Å². The summed E-state index contributed by atoms with van der Waals surface area (Å²) in [7, 11) is 0. The monoisotopic (exact) mass is 488 g/mol. The molecule has 5 aliphatic rings. The third kappa shape index (κ3) is 4.14. The van der Waals surface area contributed by atoms with Crippen LogP contribution in [0.25, 0.3) is 10.8 Å². The molecule has 1 aromatic heterocycles. The minimum atomic E-state index is -0.587. The third-order valence-corrected chi connectivity index (χ3v) is 10.6. The van der Waals surface area contributed by atoms with E-state index in [1.807, 2.05) is 26.2 Å². The maximum Gasteiger partial charge on any atom is 0.0887 e. The van der Waals surface area contributed by atoms with E-state index in [0.717, 1.165) is 50.6 Å². The van der Waals surface area contributed by atoms with E-state index in [-0.39, 0.29) is 6.10 Å². The Hall–Kier alpha value is -1.75. The van der Waals surface area contributed by atoms with Gasteiger partial charge in [0.25, 0.3) is 0 Å². The van der Waals surface area contributed by atoms with E-state index in [4.69, 9.17) is 0 Å². The molecular formula is C32H44N2O2. The van der Waals surface area contributed by atoms with Crippen LogP contribution < -0.4 is 0 Å². The molecule has 36 heavy (non-hydrogen) atoms. The number of fused-ring (bicyclic) bond motifs is 5. The second-order valence-corrected chi connectivity index (χ2v) is 12.2.